The Kier molecular flexibility index (Phi) is 5.41. The number of hydrogen-bond acceptors (Lipinski definition) is 2. The van der Waals surface area contributed by atoms with Gasteiger partial charge in [-0.15, -0.1) is 0 Å². The van der Waals surface area contributed by atoms with Gasteiger partial charge in [-0.05, 0) is 37.1 Å². The van der Waals surface area contributed by atoms with Crippen LogP contribution in [0.3, 0.4) is 0 Å². The number of para-hydroxylation sites is 1. The van der Waals surface area contributed by atoms with Gasteiger partial charge in [0.25, 0.3) is 0 Å². The van der Waals surface area contributed by atoms with Crippen LogP contribution in [-0.2, 0) is 13.0 Å². The predicted molar refractivity (Wildman–Crippen MR) is 101 cm³/mol. The molecule has 2 aromatic rings. The fourth-order valence-corrected chi connectivity index (χ4v) is 3.22. The standard InChI is InChI=1S/C19H27N5/c1-16(24-13-9-17-7-3-4-8-18(17)24)15-22-19(20-2)21-10-14-23-11-5-6-12-23/h3-8,11-12,16H,9-10,13-15H2,1-2H3,(H2,20,21,22). The molecular weight excluding hydrogens is 298 g/mol. The molecule has 0 saturated carbocycles. The largest absolute Gasteiger partial charge is 0.366 e. The summed E-state index contributed by atoms with van der Waals surface area (Å²) < 4.78 is 2.16. The molecule has 1 atom stereocenters. The van der Waals surface area contributed by atoms with Gasteiger partial charge in [-0.25, -0.2) is 0 Å². The molecule has 2 heterocycles. The molecule has 0 aliphatic carbocycles. The van der Waals surface area contributed by atoms with Crippen LogP contribution in [0.4, 0.5) is 5.69 Å². The number of nitrogens with one attached hydrogen (secondary N) is 2. The van der Waals surface area contributed by atoms with E-state index in [0.29, 0.717) is 6.04 Å². The van der Waals surface area contributed by atoms with E-state index in [0.717, 1.165) is 38.6 Å². The van der Waals surface area contributed by atoms with Crippen LogP contribution >= 0.6 is 0 Å². The molecule has 2 N–H and O–H groups in total. The van der Waals surface area contributed by atoms with Crippen molar-refractivity contribution in [2.75, 3.05) is 31.6 Å². The molecule has 1 aliphatic rings. The van der Waals surface area contributed by atoms with Crippen LogP contribution in [0.1, 0.15) is 12.5 Å². The maximum Gasteiger partial charge on any atom is 0.191 e. The molecule has 1 aromatic heterocycles. The highest BCUT2D eigenvalue weighted by Crippen LogP contribution is 2.28. The van der Waals surface area contributed by atoms with Crippen LogP contribution in [0.25, 0.3) is 0 Å². The average Bonchev–Trinajstić information content (AvgIpc) is 3.27. The van der Waals surface area contributed by atoms with E-state index in [1.54, 1.807) is 0 Å². The van der Waals surface area contributed by atoms with Crippen molar-refractivity contribution in [3.8, 4) is 0 Å². The summed E-state index contributed by atoms with van der Waals surface area (Å²) >= 11 is 0. The van der Waals surface area contributed by atoms with Gasteiger partial charge in [0.05, 0.1) is 0 Å². The zero-order chi connectivity index (χ0) is 16.8. The molecule has 0 bridgehead atoms. The van der Waals surface area contributed by atoms with Gasteiger partial charge in [0.1, 0.15) is 0 Å². The fourth-order valence-electron chi connectivity index (χ4n) is 3.22. The molecule has 0 amide bonds. The van der Waals surface area contributed by atoms with Crippen LogP contribution in [-0.4, -0.2) is 43.3 Å². The van der Waals surface area contributed by atoms with Crippen LogP contribution in [0.15, 0.2) is 53.8 Å². The number of benzene rings is 1. The van der Waals surface area contributed by atoms with Crippen molar-refractivity contribution in [3.63, 3.8) is 0 Å². The van der Waals surface area contributed by atoms with E-state index >= 15 is 0 Å². The lowest BCUT2D eigenvalue weighted by Gasteiger charge is -2.28. The van der Waals surface area contributed by atoms with Gasteiger partial charge in [-0.1, -0.05) is 18.2 Å². The van der Waals surface area contributed by atoms with Crippen molar-refractivity contribution in [2.24, 2.45) is 4.99 Å². The number of anilines is 1. The molecule has 1 aromatic carbocycles. The maximum absolute atomic E-state index is 4.32. The Morgan fingerprint density at radius 2 is 1.96 bits per heavy atom. The van der Waals surface area contributed by atoms with Crippen molar-refractivity contribution < 1.29 is 0 Å². The highest BCUT2D eigenvalue weighted by Gasteiger charge is 2.22. The summed E-state index contributed by atoms with van der Waals surface area (Å²) in [4.78, 5) is 6.80. The van der Waals surface area contributed by atoms with Crippen molar-refractivity contribution >= 4 is 11.6 Å². The van der Waals surface area contributed by atoms with E-state index in [1.807, 2.05) is 19.2 Å². The van der Waals surface area contributed by atoms with E-state index in [2.05, 4.69) is 68.7 Å². The highest BCUT2D eigenvalue weighted by atomic mass is 15.2. The van der Waals surface area contributed by atoms with Gasteiger partial charge in [-0.2, -0.15) is 0 Å². The summed E-state index contributed by atoms with van der Waals surface area (Å²) in [6, 6.07) is 13.2. The molecule has 3 rings (SSSR count). The summed E-state index contributed by atoms with van der Waals surface area (Å²) in [6.45, 7) is 6.03. The zero-order valence-electron chi connectivity index (χ0n) is 14.6. The van der Waals surface area contributed by atoms with Crippen molar-refractivity contribution in [2.45, 2.75) is 25.9 Å². The number of hydrogen-bond donors (Lipinski definition) is 2. The Morgan fingerprint density at radius 3 is 2.75 bits per heavy atom. The summed E-state index contributed by atoms with van der Waals surface area (Å²) in [6.07, 6.45) is 5.29. The van der Waals surface area contributed by atoms with E-state index in [-0.39, 0.29) is 0 Å². The monoisotopic (exact) mass is 325 g/mol. The minimum Gasteiger partial charge on any atom is -0.366 e. The van der Waals surface area contributed by atoms with Gasteiger partial charge >= 0.3 is 0 Å². The minimum absolute atomic E-state index is 0.427. The molecule has 1 aliphatic heterocycles. The lowest BCUT2D eigenvalue weighted by molar-refractivity contribution is 0.617. The maximum atomic E-state index is 4.32. The first-order chi connectivity index (χ1) is 11.8. The van der Waals surface area contributed by atoms with Gasteiger partial charge < -0.3 is 20.1 Å². The summed E-state index contributed by atoms with van der Waals surface area (Å²) in [7, 11) is 1.82. The second-order valence-corrected chi connectivity index (χ2v) is 6.22. The number of aromatic nitrogens is 1. The first kappa shape index (κ1) is 16.4. The van der Waals surface area contributed by atoms with Crippen LogP contribution in [0.5, 0.6) is 0 Å². The number of fused-ring (bicyclic) bond motifs is 1. The Bertz CT molecular complexity index is 662. The fraction of sp³-hybridized carbons (Fsp3) is 0.421. The molecule has 1 unspecified atom stereocenters. The third-order valence-electron chi connectivity index (χ3n) is 4.57. The first-order valence-corrected chi connectivity index (χ1v) is 8.68. The molecule has 0 spiro atoms. The molecule has 0 fully saturated rings. The second kappa shape index (κ2) is 7.90. The topological polar surface area (TPSA) is 44.6 Å². The van der Waals surface area contributed by atoms with Crippen molar-refractivity contribution in [1.82, 2.24) is 15.2 Å². The first-order valence-electron chi connectivity index (χ1n) is 8.68. The Morgan fingerprint density at radius 1 is 1.17 bits per heavy atom. The summed E-state index contributed by atoms with van der Waals surface area (Å²) in [5, 5.41) is 6.82. The van der Waals surface area contributed by atoms with E-state index in [9.17, 15) is 0 Å². The van der Waals surface area contributed by atoms with Crippen LogP contribution in [0, 0.1) is 0 Å². The smallest absolute Gasteiger partial charge is 0.191 e. The number of rotatable bonds is 6. The summed E-state index contributed by atoms with van der Waals surface area (Å²) in [5.74, 6) is 0.862. The number of aliphatic imine (C=N–C) groups is 1. The second-order valence-electron chi connectivity index (χ2n) is 6.22. The predicted octanol–water partition coefficient (Wildman–Crippen LogP) is 2.10. The van der Waals surface area contributed by atoms with Crippen LogP contribution < -0.4 is 15.5 Å². The SMILES string of the molecule is CN=C(NCCn1cccc1)NCC(C)N1CCc2ccccc21. The quantitative estimate of drug-likeness (QED) is 0.631. The van der Waals surface area contributed by atoms with E-state index in [1.165, 1.54) is 11.3 Å². The van der Waals surface area contributed by atoms with Crippen molar-refractivity contribution in [3.05, 3.63) is 54.4 Å². The summed E-state index contributed by atoms with van der Waals surface area (Å²) in [5.41, 5.74) is 2.83. The minimum atomic E-state index is 0.427. The Hall–Kier alpha value is -2.43. The average molecular weight is 325 g/mol. The molecule has 0 saturated heterocycles. The molecule has 128 valence electrons. The van der Waals surface area contributed by atoms with Gasteiger partial charge in [0.15, 0.2) is 5.96 Å². The molecule has 5 nitrogen and oxygen atoms in total. The lowest BCUT2D eigenvalue weighted by atomic mass is 10.2. The third-order valence-corrected chi connectivity index (χ3v) is 4.57. The van der Waals surface area contributed by atoms with Crippen LogP contribution in [0.2, 0.25) is 0 Å². The number of nitrogens with zero attached hydrogens (tertiary/aromatic N) is 3. The third kappa shape index (κ3) is 3.91. The van der Waals surface area contributed by atoms with E-state index in [4.69, 9.17) is 0 Å². The molecule has 0 radical (unpaired) electrons. The molecule has 24 heavy (non-hydrogen) atoms. The highest BCUT2D eigenvalue weighted by molar-refractivity contribution is 5.79. The lowest BCUT2D eigenvalue weighted by Crippen LogP contribution is -2.46. The van der Waals surface area contributed by atoms with Gasteiger partial charge in [0, 0.05) is 57.3 Å². The van der Waals surface area contributed by atoms with Crippen molar-refractivity contribution in [1.29, 1.82) is 0 Å². The normalized spacial score (nSPS) is 15.2. The van der Waals surface area contributed by atoms with E-state index < -0.39 is 0 Å². The Balaban J connectivity index is 1.45. The van der Waals surface area contributed by atoms with Gasteiger partial charge in [-0.3, -0.25) is 4.99 Å². The number of guanidine groups is 1. The molecular formula is C19H27N5. The zero-order valence-corrected chi connectivity index (χ0v) is 14.6. The molecule has 5 heteroatoms. The Labute approximate surface area is 144 Å². The van der Waals surface area contributed by atoms with Gasteiger partial charge in [0.2, 0.25) is 0 Å².